The second kappa shape index (κ2) is 6.61. The Hall–Kier alpha value is -1.75. The standard InChI is InChI=1S/C15H23N5/c1-5-12-9-8-10-13(6-2)14(12)20-15(17-18-19-20)11(4)16-7-3/h8-11,16H,5-7H2,1-4H3. The van der Waals surface area contributed by atoms with Crippen molar-refractivity contribution in [3.8, 4) is 5.69 Å². The zero-order valence-corrected chi connectivity index (χ0v) is 12.7. The maximum absolute atomic E-state index is 4.22. The van der Waals surface area contributed by atoms with E-state index in [-0.39, 0.29) is 6.04 Å². The van der Waals surface area contributed by atoms with E-state index < -0.39 is 0 Å². The van der Waals surface area contributed by atoms with Gasteiger partial charge in [0.1, 0.15) is 0 Å². The van der Waals surface area contributed by atoms with Crippen LogP contribution in [0.2, 0.25) is 0 Å². The number of aryl methyl sites for hydroxylation is 2. The minimum Gasteiger partial charge on any atom is -0.308 e. The van der Waals surface area contributed by atoms with Crippen molar-refractivity contribution in [3.05, 3.63) is 35.2 Å². The van der Waals surface area contributed by atoms with Crippen molar-refractivity contribution >= 4 is 0 Å². The largest absolute Gasteiger partial charge is 0.308 e. The molecule has 5 heteroatoms. The predicted molar refractivity (Wildman–Crippen MR) is 80.0 cm³/mol. The lowest BCUT2D eigenvalue weighted by molar-refractivity contribution is 0.549. The summed E-state index contributed by atoms with van der Waals surface area (Å²) in [4.78, 5) is 0. The number of para-hydroxylation sites is 1. The normalized spacial score (nSPS) is 12.6. The highest BCUT2D eigenvalue weighted by Gasteiger charge is 2.18. The highest BCUT2D eigenvalue weighted by molar-refractivity contribution is 5.48. The van der Waals surface area contributed by atoms with Crippen LogP contribution in [0.5, 0.6) is 0 Å². The predicted octanol–water partition coefficient (Wildman–Crippen LogP) is 2.46. The van der Waals surface area contributed by atoms with Crippen LogP contribution in [-0.2, 0) is 12.8 Å². The minimum absolute atomic E-state index is 0.129. The molecule has 1 atom stereocenters. The van der Waals surface area contributed by atoms with Crippen molar-refractivity contribution in [1.82, 2.24) is 25.5 Å². The molecule has 2 rings (SSSR count). The maximum atomic E-state index is 4.22. The van der Waals surface area contributed by atoms with E-state index in [0.717, 1.165) is 30.9 Å². The van der Waals surface area contributed by atoms with Crippen molar-refractivity contribution in [2.24, 2.45) is 0 Å². The summed E-state index contributed by atoms with van der Waals surface area (Å²) in [6.45, 7) is 9.39. The lowest BCUT2D eigenvalue weighted by Gasteiger charge is -2.17. The number of nitrogens with one attached hydrogen (secondary N) is 1. The molecular weight excluding hydrogens is 250 g/mol. The molecular formula is C15H23N5. The first kappa shape index (κ1) is 14.7. The van der Waals surface area contributed by atoms with Crippen LogP contribution in [0.1, 0.15) is 50.7 Å². The fraction of sp³-hybridized carbons (Fsp3) is 0.533. The molecule has 0 saturated heterocycles. The summed E-state index contributed by atoms with van der Waals surface area (Å²) in [6.07, 6.45) is 1.94. The summed E-state index contributed by atoms with van der Waals surface area (Å²) in [5.41, 5.74) is 3.70. The fourth-order valence-corrected chi connectivity index (χ4v) is 2.51. The quantitative estimate of drug-likeness (QED) is 0.878. The molecule has 0 fully saturated rings. The molecule has 1 N–H and O–H groups in total. The molecule has 0 aliphatic rings. The molecule has 0 spiro atoms. The Kier molecular flexibility index (Phi) is 4.84. The first-order valence-corrected chi connectivity index (χ1v) is 7.35. The molecule has 2 aromatic rings. The van der Waals surface area contributed by atoms with Gasteiger partial charge in [-0.1, -0.05) is 39.0 Å². The van der Waals surface area contributed by atoms with Crippen molar-refractivity contribution in [2.45, 2.75) is 46.6 Å². The number of aromatic nitrogens is 4. The van der Waals surface area contributed by atoms with Gasteiger partial charge in [-0.05, 0) is 47.9 Å². The third-order valence-corrected chi connectivity index (χ3v) is 3.57. The highest BCUT2D eigenvalue weighted by atomic mass is 15.5. The molecule has 1 unspecified atom stereocenters. The molecule has 1 aromatic carbocycles. The van der Waals surface area contributed by atoms with Crippen LogP contribution in [0.4, 0.5) is 0 Å². The number of rotatable bonds is 6. The molecule has 108 valence electrons. The van der Waals surface area contributed by atoms with Gasteiger partial charge in [-0.3, -0.25) is 0 Å². The van der Waals surface area contributed by atoms with E-state index >= 15 is 0 Å². The zero-order chi connectivity index (χ0) is 14.5. The number of tetrazole rings is 1. The van der Waals surface area contributed by atoms with Gasteiger partial charge in [0.25, 0.3) is 0 Å². The second-order valence-electron chi connectivity index (χ2n) is 4.86. The third-order valence-electron chi connectivity index (χ3n) is 3.57. The molecule has 0 aliphatic heterocycles. The van der Waals surface area contributed by atoms with E-state index in [1.165, 1.54) is 11.1 Å². The van der Waals surface area contributed by atoms with E-state index in [0.29, 0.717) is 0 Å². The first-order valence-electron chi connectivity index (χ1n) is 7.35. The lowest BCUT2D eigenvalue weighted by atomic mass is 10.0. The maximum Gasteiger partial charge on any atom is 0.173 e. The average Bonchev–Trinajstić information content (AvgIpc) is 2.95. The third kappa shape index (κ3) is 2.72. The number of benzene rings is 1. The average molecular weight is 273 g/mol. The molecule has 0 amide bonds. The Labute approximate surface area is 120 Å². The van der Waals surface area contributed by atoms with Crippen LogP contribution in [0.3, 0.4) is 0 Å². The smallest absolute Gasteiger partial charge is 0.173 e. The van der Waals surface area contributed by atoms with Gasteiger partial charge in [-0.2, -0.15) is 4.68 Å². The summed E-state index contributed by atoms with van der Waals surface area (Å²) in [5, 5.41) is 15.7. The molecule has 1 heterocycles. The van der Waals surface area contributed by atoms with Crippen molar-refractivity contribution in [2.75, 3.05) is 6.54 Å². The van der Waals surface area contributed by atoms with Crippen LogP contribution in [0.15, 0.2) is 18.2 Å². The Bertz CT molecular complexity index is 539. The Morgan fingerprint density at radius 1 is 1.15 bits per heavy atom. The van der Waals surface area contributed by atoms with E-state index in [1.807, 2.05) is 4.68 Å². The molecule has 0 saturated carbocycles. The van der Waals surface area contributed by atoms with Crippen molar-refractivity contribution in [1.29, 1.82) is 0 Å². The number of hydrogen-bond acceptors (Lipinski definition) is 4. The van der Waals surface area contributed by atoms with Gasteiger partial charge in [0.15, 0.2) is 5.82 Å². The minimum atomic E-state index is 0.129. The number of nitrogens with zero attached hydrogens (tertiary/aromatic N) is 4. The van der Waals surface area contributed by atoms with Crippen LogP contribution in [-0.4, -0.2) is 26.8 Å². The summed E-state index contributed by atoms with van der Waals surface area (Å²) in [7, 11) is 0. The van der Waals surface area contributed by atoms with Gasteiger partial charge in [0, 0.05) is 0 Å². The summed E-state index contributed by atoms with van der Waals surface area (Å²) in [5.74, 6) is 0.863. The summed E-state index contributed by atoms with van der Waals surface area (Å²) < 4.78 is 1.89. The van der Waals surface area contributed by atoms with Crippen molar-refractivity contribution < 1.29 is 0 Å². The summed E-state index contributed by atoms with van der Waals surface area (Å²) in [6, 6.07) is 6.54. The van der Waals surface area contributed by atoms with Crippen LogP contribution in [0, 0.1) is 0 Å². The van der Waals surface area contributed by atoms with Crippen LogP contribution in [0.25, 0.3) is 5.69 Å². The lowest BCUT2D eigenvalue weighted by Crippen LogP contribution is -2.22. The molecule has 1 aromatic heterocycles. The van der Waals surface area contributed by atoms with Gasteiger partial charge in [-0.25, -0.2) is 0 Å². The Morgan fingerprint density at radius 2 is 1.80 bits per heavy atom. The first-order chi connectivity index (χ1) is 9.72. The zero-order valence-electron chi connectivity index (χ0n) is 12.7. The topological polar surface area (TPSA) is 55.6 Å². The van der Waals surface area contributed by atoms with Gasteiger partial charge in [-0.15, -0.1) is 5.10 Å². The van der Waals surface area contributed by atoms with E-state index in [4.69, 9.17) is 0 Å². The van der Waals surface area contributed by atoms with Gasteiger partial charge in [0.05, 0.1) is 11.7 Å². The van der Waals surface area contributed by atoms with E-state index in [1.54, 1.807) is 0 Å². The van der Waals surface area contributed by atoms with Gasteiger partial charge in [0.2, 0.25) is 0 Å². The SMILES string of the molecule is CCNC(C)c1nnnn1-c1c(CC)cccc1CC. The molecule has 0 aliphatic carbocycles. The highest BCUT2D eigenvalue weighted by Crippen LogP contribution is 2.23. The molecule has 5 nitrogen and oxygen atoms in total. The van der Waals surface area contributed by atoms with E-state index in [9.17, 15) is 0 Å². The Balaban J connectivity index is 2.54. The van der Waals surface area contributed by atoms with Crippen molar-refractivity contribution in [3.63, 3.8) is 0 Å². The van der Waals surface area contributed by atoms with Gasteiger partial charge < -0.3 is 5.32 Å². The number of hydrogen-bond donors (Lipinski definition) is 1. The van der Waals surface area contributed by atoms with E-state index in [2.05, 4.69) is 66.7 Å². The van der Waals surface area contributed by atoms with Crippen LogP contribution < -0.4 is 5.32 Å². The van der Waals surface area contributed by atoms with Crippen LogP contribution >= 0.6 is 0 Å². The molecule has 0 radical (unpaired) electrons. The molecule has 20 heavy (non-hydrogen) atoms. The Morgan fingerprint density at radius 3 is 2.35 bits per heavy atom. The molecule has 0 bridgehead atoms. The monoisotopic (exact) mass is 273 g/mol. The summed E-state index contributed by atoms with van der Waals surface area (Å²) >= 11 is 0. The fourth-order valence-electron chi connectivity index (χ4n) is 2.51. The van der Waals surface area contributed by atoms with Gasteiger partial charge >= 0.3 is 0 Å². The second-order valence-corrected chi connectivity index (χ2v) is 4.86.